The van der Waals surface area contributed by atoms with Crippen molar-refractivity contribution in [3.8, 4) is 6.01 Å². The van der Waals surface area contributed by atoms with Crippen LogP contribution in [0.15, 0.2) is 36.9 Å². The fourth-order valence-corrected chi connectivity index (χ4v) is 3.13. The van der Waals surface area contributed by atoms with Gasteiger partial charge in [-0.25, -0.2) is 19.9 Å². The minimum atomic E-state index is -0.168. The smallest absolute Gasteiger partial charge is 0.316 e. The lowest BCUT2D eigenvalue weighted by atomic mass is 9.98. The fraction of sp³-hybridized carbons (Fsp3) is 0.467. The number of rotatable bonds is 3. The molecule has 2 aromatic heterocycles. The zero-order valence-corrected chi connectivity index (χ0v) is 12.1. The second-order valence-electron chi connectivity index (χ2n) is 5.69. The van der Waals surface area contributed by atoms with E-state index in [9.17, 15) is 0 Å². The monoisotopic (exact) mass is 299 g/mol. The fourth-order valence-electron chi connectivity index (χ4n) is 3.13. The van der Waals surface area contributed by atoms with E-state index in [1.54, 1.807) is 30.9 Å². The highest BCUT2D eigenvalue weighted by atomic mass is 16.6. The van der Waals surface area contributed by atoms with Crippen molar-refractivity contribution in [1.82, 2.24) is 19.9 Å². The highest BCUT2D eigenvalue weighted by molar-refractivity contribution is 5.32. The van der Waals surface area contributed by atoms with E-state index in [0.717, 1.165) is 31.9 Å². The number of nitrogens with zero attached hydrogens (tertiary/aromatic N) is 5. The summed E-state index contributed by atoms with van der Waals surface area (Å²) in [7, 11) is 0. The molecule has 2 saturated heterocycles. The Balaban J connectivity index is 1.40. The maximum absolute atomic E-state index is 6.06. The van der Waals surface area contributed by atoms with Gasteiger partial charge in [0.1, 0.15) is 6.10 Å². The average molecular weight is 299 g/mol. The lowest BCUT2D eigenvalue weighted by molar-refractivity contribution is 0.0192. The van der Waals surface area contributed by atoms with Gasteiger partial charge in [0, 0.05) is 37.8 Å². The van der Waals surface area contributed by atoms with Gasteiger partial charge in [0.05, 0.1) is 18.8 Å². The minimum Gasteiger partial charge on any atom is -0.458 e. The molecule has 0 N–H and O–H groups in total. The Hall–Kier alpha value is -2.28. The van der Waals surface area contributed by atoms with E-state index in [0.29, 0.717) is 12.6 Å². The molecule has 114 valence electrons. The third-order valence-corrected chi connectivity index (χ3v) is 4.14. The molecular weight excluding hydrogens is 282 g/mol. The van der Waals surface area contributed by atoms with Crippen LogP contribution in [0.5, 0.6) is 6.01 Å². The molecule has 1 spiro atoms. The Morgan fingerprint density at radius 3 is 2.59 bits per heavy atom. The topological polar surface area (TPSA) is 73.3 Å². The number of hydrogen-bond acceptors (Lipinski definition) is 7. The SMILES string of the molecule is c1cnc(O[C@@H]2CO[C@]3(CCN(c4ncccn4)C3)C2)nc1. The molecule has 2 aliphatic heterocycles. The second kappa shape index (κ2) is 5.49. The summed E-state index contributed by atoms with van der Waals surface area (Å²) in [6.45, 7) is 2.27. The predicted octanol–water partition coefficient (Wildman–Crippen LogP) is 1.08. The molecule has 0 saturated carbocycles. The number of anilines is 1. The maximum Gasteiger partial charge on any atom is 0.316 e. The van der Waals surface area contributed by atoms with Crippen molar-refractivity contribution >= 4 is 5.95 Å². The van der Waals surface area contributed by atoms with Crippen LogP contribution >= 0.6 is 0 Å². The van der Waals surface area contributed by atoms with Gasteiger partial charge in [0.15, 0.2) is 0 Å². The molecule has 0 radical (unpaired) electrons. The first kappa shape index (κ1) is 13.4. The molecule has 22 heavy (non-hydrogen) atoms. The Labute approximate surface area is 128 Å². The summed E-state index contributed by atoms with van der Waals surface area (Å²) in [4.78, 5) is 19.0. The van der Waals surface area contributed by atoms with E-state index < -0.39 is 0 Å². The Morgan fingerprint density at radius 2 is 1.82 bits per heavy atom. The molecule has 2 atom stereocenters. The standard InChI is InChI=1S/C15H17N5O2/c1-4-16-13(17-5-1)20-8-3-15(11-20)9-12(10-21-15)22-14-18-6-2-7-19-14/h1-2,4-7,12H,3,8-11H2/t12-,15+/m0/s1. The highest BCUT2D eigenvalue weighted by Gasteiger charge is 2.47. The minimum absolute atomic E-state index is 0.000887. The first-order chi connectivity index (χ1) is 10.8. The molecule has 0 aromatic carbocycles. The summed E-state index contributed by atoms with van der Waals surface area (Å²) in [6, 6.07) is 4.01. The lowest BCUT2D eigenvalue weighted by Gasteiger charge is -2.23. The van der Waals surface area contributed by atoms with Gasteiger partial charge in [-0.15, -0.1) is 0 Å². The van der Waals surface area contributed by atoms with Crippen molar-refractivity contribution in [3.63, 3.8) is 0 Å². The largest absolute Gasteiger partial charge is 0.458 e. The van der Waals surface area contributed by atoms with Gasteiger partial charge in [-0.3, -0.25) is 0 Å². The second-order valence-corrected chi connectivity index (χ2v) is 5.69. The van der Waals surface area contributed by atoms with E-state index in [1.807, 2.05) is 6.07 Å². The number of ether oxygens (including phenoxy) is 2. The van der Waals surface area contributed by atoms with Crippen LogP contribution in [0, 0.1) is 0 Å². The molecule has 2 aromatic rings. The Kier molecular flexibility index (Phi) is 3.34. The molecule has 0 amide bonds. The van der Waals surface area contributed by atoms with Crippen LogP contribution in [-0.4, -0.2) is 51.3 Å². The molecule has 2 aliphatic rings. The Morgan fingerprint density at radius 1 is 1.09 bits per heavy atom. The zero-order valence-electron chi connectivity index (χ0n) is 12.1. The van der Waals surface area contributed by atoms with Crippen molar-refractivity contribution in [2.24, 2.45) is 0 Å². The van der Waals surface area contributed by atoms with Crippen LogP contribution in [-0.2, 0) is 4.74 Å². The molecular formula is C15H17N5O2. The number of hydrogen-bond donors (Lipinski definition) is 0. The van der Waals surface area contributed by atoms with Crippen molar-refractivity contribution in [1.29, 1.82) is 0 Å². The van der Waals surface area contributed by atoms with Crippen molar-refractivity contribution in [2.45, 2.75) is 24.5 Å². The van der Waals surface area contributed by atoms with Crippen molar-refractivity contribution in [3.05, 3.63) is 36.9 Å². The number of aromatic nitrogens is 4. The quantitative estimate of drug-likeness (QED) is 0.839. The first-order valence-electron chi connectivity index (χ1n) is 7.43. The molecule has 0 bridgehead atoms. The lowest BCUT2D eigenvalue weighted by Crippen LogP contribution is -2.34. The van der Waals surface area contributed by atoms with Gasteiger partial charge >= 0.3 is 6.01 Å². The van der Waals surface area contributed by atoms with Gasteiger partial charge in [-0.05, 0) is 18.6 Å². The van der Waals surface area contributed by atoms with Gasteiger partial charge in [-0.1, -0.05) is 0 Å². The van der Waals surface area contributed by atoms with E-state index in [1.165, 1.54) is 0 Å². The summed E-state index contributed by atoms with van der Waals surface area (Å²) in [5, 5.41) is 0. The van der Waals surface area contributed by atoms with Gasteiger partial charge < -0.3 is 14.4 Å². The van der Waals surface area contributed by atoms with Crippen LogP contribution in [0.3, 0.4) is 0 Å². The summed E-state index contributed by atoms with van der Waals surface area (Å²) >= 11 is 0. The third kappa shape index (κ3) is 2.59. The summed E-state index contributed by atoms with van der Waals surface area (Å²) < 4.78 is 11.9. The Bertz CT molecular complexity index is 626. The van der Waals surface area contributed by atoms with E-state index in [4.69, 9.17) is 9.47 Å². The maximum atomic E-state index is 6.06. The molecule has 7 heteroatoms. The van der Waals surface area contributed by atoms with Crippen LogP contribution in [0.1, 0.15) is 12.8 Å². The van der Waals surface area contributed by atoms with Crippen LogP contribution in [0.25, 0.3) is 0 Å². The molecule has 4 heterocycles. The first-order valence-corrected chi connectivity index (χ1v) is 7.43. The molecule has 2 fully saturated rings. The highest BCUT2D eigenvalue weighted by Crippen LogP contribution is 2.37. The normalized spacial score (nSPS) is 27.5. The van der Waals surface area contributed by atoms with Crippen molar-refractivity contribution < 1.29 is 9.47 Å². The average Bonchev–Trinajstić information content (AvgIpc) is 3.17. The molecule has 0 unspecified atom stereocenters. The van der Waals surface area contributed by atoms with Gasteiger partial charge in [-0.2, -0.15) is 0 Å². The third-order valence-electron chi connectivity index (χ3n) is 4.14. The van der Waals surface area contributed by atoms with E-state index in [2.05, 4.69) is 24.8 Å². The van der Waals surface area contributed by atoms with Gasteiger partial charge in [0.25, 0.3) is 0 Å². The van der Waals surface area contributed by atoms with Crippen molar-refractivity contribution in [2.75, 3.05) is 24.6 Å². The zero-order chi connectivity index (χ0) is 14.8. The summed E-state index contributed by atoms with van der Waals surface area (Å²) in [5.74, 6) is 0.763. The van der Waals surface area contributed by atoms with E-state index in [-0.39, 0.29) is 11.7 Å². The summed E-state index contributed by atoms with van der Waals surface area (Å²) in [6.07, 6.45) is 8.69. The van der Waals surface area contributed by atoms with Crippen LogP contribution in [0.2, 0.25) is 0 Å². The predicted molar refractivity (Wildman–Crippen MR) is 78.6 cm³/mol. The van der Waals surface area contributed by atoms with Gasteiger partial charge in [0.2, 0.25) is 5.95 Å². The summed E-state index contributed by atoms with van der Waals surface area (Å²) in [5.41, 5.74) is -0.168. The van der Waals surface area contributed by atoms with Crippen LogP contribution in [0.4, 0.5) is 5.95 Å². The van der Waals surface area contributed by atoms with E-state index >= 15 is 0 Å². The molecule has 7 nitrogen and oxygen atoms in total. The molecule has 0 aliphatic carbocycles. The van der Waals surface area contributed by atoms with Crippen LogP contribution < -0.4 is 9.64 Å². The molecule has 4 rings (SSSR count).